The van der Waals surface area contributed by atoms with Crippen molar-refractivity contribution in [3.05, 3.63) is 29.8 Å². The van der Waals surface area contributed by atoms with Crippen LogP contribution in [0, 0.1) is 5.41 Å². The second kappa shape index (κ2) is 10.6. The number of nitrogens with one attached hydrogen (secondary N) is 2. The SMILES string of the molecule is CCNC(=NCc1cccc(O)c1)NCC1(C(=O)N(C)C)CCCC1.I. The fourth-order valence-electron chi connectivity index (χ4n) is 3.41. The molecule has 26 heavy (non-hydrogen) atoms. The maximum atomic E-state index is 12.7. The Labute approximate surface area is 173 Å². The maximum absolute atomic E-state index is 12.7. The van der Waals surface area contributed by atoms with Crippen LogP contribution in [0.5, 0.6) is 5.75 Å². The lowest BCUT2D eigenvalue weighted by molar-refractivity contribution is -0.138. The summed E-state index contributed by atoms with van der Waals surface area (Å²) in [6, 6.07) is 7.10. The van der Waals surface area contributed by atoms with Gasteiger partial charge in [0.1, 0.15) is 5.75 Å². The van der Waals surface area contributed by atoms with Gasteiger partial charge in [-0.1, -0.05) is 25.0 Å². The Balaban J connectivity index is 0.00000338. The number of hydrogen-bond acceptors (Lipinski definition) is 3. The predicted molar refractivity (Wildman–Crippen MR) is 116 cm³/mol. The third-order valence-electron chi connectivity index (χ3n) is 4.69. The van der Waals surface area contributed by atoms with Crippen LogP contribution in [-0.4, -0.2) is 49.1 Å². The second-order valence-corrected chi connectivity index (χ2v) is 6.91. The average molecular weight is 474 g/mol. The Morgan fingerprint density at radius 1 is 1.27 bits per heavy atom. The summed E-state index contributed by atoms with van der Waals surface area (Å²) in [7, 11) is 3.65. The summed E-state index contributed by atoms with van der Waals surface area (Å²) in [6.07, 6.45) is 4.03. The molecular weight excluding hydrogens is 443 g/mol. The predicted octanol–water partition coefficient (Wildman–Crippen LogP) is 2.71. The Morgan fingerprint density at radius 3 is 2.54 bits per heavy atom. The molecule has 0 aliphatic heterocycles. The smallest absolute Gasteiger partial charge is 0.230 e. The summed E-state index contributed by atoms with van der Waals surface area (Å²) in [5.41, 5.74) is 0.613. The second-order valence-electron chi connectivity index (χ2n) is 6.91. The molecule has 0 aromatic heterocycles. The summed E-state index contributed by atoms with van der Waals surface area (Å²) in [5, 5.41) is 16.1. The van der Waals surface area contributed by atoms with Crippen molar-refractivity contribution in [2.75, 3.05) is 27.2 Å². The van der Waals surface area contributed by atoms with Crippen LogP contribution >= 0.6 is 24.0 Å². The first-order valence-electron chi connectivity index (χ1n) is 8.99. The number of halogens is 1. The minimum absolute atomic E-state index is 0. The van der Waals surface area contributed by atoms with Gasteiger partial charge in [-0.25, -0.2) is 4.99 Å². The minimum atomic E-state index is -0.329. The number of phenols is 1. The van der Waals surface area contributed by atoms with Gasteiger partial charge in [0.2, 0.25) is 5.91 Å². The van der Waals surface area contributed by atoms with Crippen molar-refractivity contribution in [1.82, 2.24) is 15.5 Å². The van der Waals surface area contributed by atoms with Gasteiger partial charge in [-0.3, -0.25) is 4.79 Å². The fourth-order valence-corrected chi connectivity index (χ4v) is 3.41. The molecule has 1 aromatic carbocycles. The zero-order valence-corrected chi connectivity index (χ0v) is 18.2. The van der Waals surface area contributed by atoms with Gasteiger partial charge in [0.05, 0.1) is 12.0 Å². The van der Waals surface area contributed by atoms with E-state index in [1.54, 1.807) is 17.0 Å². The quantitative estimate of drug-likeness (QED) is 0.337. The highest BCUT2D eigenvalue weighted by Crippen LogP contribution is 2.38. The van der Waals surface area contributed by atoms with E-state index >= 15 is 0 Å². The summed E-state index contributed by atoms with van der Waals surface area (Å²) >= 11 is 0. The normalized spacial score (nSPS) is 15.9. The van der Waals surface area contributed by atoms with E-state index in [0.29, 0.717) is 19.0 Å². The molecule has 0 radical (unpaired) electrons. The molecule has 0 saturated heterocycles. The molecule has 0 bridgehead atoms. The fraction of sp³-hybridized carbons (Fsp3) is 0.579. The number of hydrogen-bond donors (Lipinski definition) is 3. The molecule has 3 N–H and O–H groups in total. The first kappa shape index (κ1) is 22.5. The number of nitrogens with zero attached hydrogens (tertiary/aromatic N) is 2. The van der Waals surface area contributed by atoms with Gasteiger partial charge >= 0.3 is 0 Å². The Bertz CT molecular complexity index is 613. The van der Waals surface area contributed by atoms with Crippen molar-refractivity contribution in [1.29, 1.82) is 0 Å². The van der Waals surface area contributed by atoms with E-state index < -0.39 is 0 Å². The van der Waals surface area contributed by atoms with Gasteiger partial charge in [-0.2, -0.15) is 0 Å². The molecule has 1 fully saturated rings. The van der Waals surface area contributed by atoms with E-state index in [9.17, 15) is 9.90 Å². The summed E-state index contributed by atoms with van der Waals surface area (Å²) in [6.45, 7) is 3.83. The van der Waals surface area contributed by atoms with Gasteiger partial charge in [0.25, 0.3) is 0 Å². The summed E-state index contributed by atoms with van der Waals surface area (Å²) in [5.74, 6) is 1.14. The van der Waals surface area contributed by atoms with Gasteiger partial charge < -0.3 is 20.6 Å². The monoisotopic (exact) mass is 474 g/mol. The molecule has 2 rings (SSSR count). The number of guanidine groups is 1. The molecule has 0 heterocycles. The molecule has 1 amide bonds. The van der Waals surface area contributed by atoms with Crippen molar-refractivity contribution in [3.63, 3.8) is 0 Å². The van der Waals surface area contributed by atoms with E-state index in [1.165, 1.54) is 0 Å². The molecule has 1 saturated carbocycles. The van der Waals surface area contributed by atoms with Gasteiger partial charge in [-0.05, 0) is 37.5 Å². The highest BCUT2D eigenvalue weighted by atomic mass is 127. The number of carbonyl (C=O) groups excluding carboxylic acids is 1. The van der Waals surface area contributed by atoms with E-state index in [4.69, 9.17) is 0 Å². The zero-order chi connectivity index (χ0) is 18.3. The third kappa shape index (κ3) is 6.03. The zero-order valence-electron chi connectivity index (χ0n) is 15.9. The average Bonchev–Trinajstić information content (AvgIpc) is 3.06. The lowest BCUT2D eigenvalue weighted by atomic mass is 9.84. The Morgan fingerprint density at radius 2 is 1.96 bits per heavy atom. The lowest BCUT2D eigenvalue weighted by Crippen LogP contribution is -2.49. The minimum Gasteiger partial charge on any atom is -0.508 e. The van der Waals surface area contributed by atoms with Gasteiger partial charge in [0.15, 0.2) is 5.96 Å². The highest BCUT2D eigenvalue weighted by molar-refractivity contribution is 14.0. The largest absolute Gasteiger partial charge is 0.508 e. The van der Waals surface area contributed by atoms with Crippen LogP contribution < -0.4 is 10.6 Å². The summed E-state index contributed by atoms with van der Waals surface area (Å²) in [4.78, 5) is 18.9. The molecule has 7 heteroatoms. The molecule has 0 unspecified atom stereocenters. The third-order valence-corrected chi connectivity index (χ3v) is 4.69. The molecule has 1 aliphatic carbocycles. The Hall–Kier alpha value is -1.51. The molecule has 146 valence electrons. The van der Waals surface area contributed by atoms with Crippen LogP contribution in [0.1, 0.15) is 38.2 Å². The number of benzene rings is 1. The van der Waals surface area contributed by atoms with Crippen LogP contribution in [0.15, 0.2) is 29.3 Å². The molecule has 1 aromatic rings. The van der Waals surface area contributed by atoms with Crippen LogP contribution in [-0.2, 0) is 11.3 Å². The van der Waals surface area contributed by atoms with Crippen molar-refractivity contribution < 1.29 is 9.90 Å². The van der Waals surface area contributed by atoms with Crippen LogP contribution in [0.3, 0.4) is 0 Å². The number of carbonyl (C=O) groups is 1. The molecular formula is C19H31IN4O2. The van der Waals surface area contributed by atoms with Crippen LogP contribution in [0.2, 0.25) is 0 Å². The number of aromatic hydroxyl groups is 1. The Kier molecular flexibility index (Phi) is 9.18. The number of aliphatic imine (C=N–C) groups is 1. The van der Waals surface area contributed by atoms with E-state index in [1.807, 2.05) is 33.2 Å². The number of rotatable bonds is 6. The van der Waals surface area contributed by atoms with E-state index in [0.717, 1.165) is 37.8 Å². The number of phenolic OH excluding ortho intramolecular Hbond substituents is 1. The van der Waals surface area contributed by atoms with Crippen molar-refractivity contribution in [2.24, 2.45) is 10.4 Å². The van der Waals surface area contributed by atoms with E-state index in [2.05, 4.69) is 15.6 Å². The van der Waals surface area contributed by atoms with Crippen molar-refractivity contribution >= 4 is 35.8 Å². The van der Waals surface area contributed by atoms with Crippen LogP contribution in [0.25, 0.3) is 0 Å². The molecule has 0 spiro atoms. The first-order valence-corrected chi connectivity index (χ1v) is 8.99. The topological polar surface area (TPSA) is 77.0 Å². The van der Waals surface area contributed by atoms with Crippen molar-refractivity contribution in [2.45, 2.75) is 39.2 Å². The first-order chi connectivity index (χ1) is 12.0. The molecule has 0 atom stereocenters. The molecule has 6 nitrogen and oxygen atoms in total. The summed E-state index contributed by atoms with van der Waals surface area (Å²) < 4.78 is 0. The molecule has 1 aliphatic rings. The van der Waals surface area contributed by atoms with Gasteiger partial charge in [0, 0.05) is 27.2 Å². The highest BCUT2D eigenvalue weighted by Gasteiger charge is 2.42. The lowest BCUT2D eigenvalue weighted by Gasteiger charge is -2.31. The maximum Gasteiger partial charge on any atom is 0.230 e. The number of amides is 1. The standard InChI is InChI=1S/C19H30N4O2.HI/c1-4-20-18(21-13-15-8-7-9-16(24)12-15)22-14-19(10-5-6-11-19)17(25)23(2)3;/h7-9,12,24H,4-6,10-11,13-14H2,1-3H3,(H2,20,21,22);1H. The van der Waals surface area contributed by atoms with Gasteiger partial charge in [-0.15, -0.1) is 24.0 Å². The van der Waals surface area contributed by atoms with Crippen molar-refractivity contribution in [3.8, 4) is 5.75 Å². The van der Waals surface area contributed by atoms with E-state index in [-0.39, 0.29) is 41.0 Å². The van der Waals surface area contributed by atoms with Crippen LogP contribution in [0.4, 0.5) is 0 Å².